The number of amides is 1. The Kier molecular flexibility index (Phi) is 6.90. The van der Waals surface area contributed by atoms with E-state index in [0.29, 0.717) is 17.1 Å². The zero-order valence-corrected chi connectivity index (χ0v) is 16.3. The molecular weight excluding hydrogens is 417 g/mol. The molecule has 1 N–H and O–H groups in total. The molecule has 2 rings (SSSR count). The molecule has 24 heavy (non-hydrogen) atoms. The van der Waals surface area contributed by atoms with Crippen molar-refractivity contribution in [1.82, 2.24) is 0 Å². The summed E-state index contributed by atoms with van der Waals surface area (Å²) in [7, 11) is 3.13. The van der Waals surface area contributed by atoms with E-state index >= 15 is 0 Å². The van der Waals surface area contributed by atoms with Crippen molar-refractivity contribution in [2.24, 2.45) is 0 Å². The summed E-state index contributed by atoms with van der Waals surface area (Å²) in [5.74, 6) is 0.985. The van der Waals surface area contributed by atoms with Gasteiger partial charge in [-0.05, 0) is 65.3 Å². The van der Waals surface area contributed by atoms with Crippen molar-refractivity contribution >= 4 is 34.2 Å². The van der Waals surface area contributed by atoms with Gasteiger partial charge >= 0.3 is 0 Å². The molecule has 0 fully saturated rings. The van der Waals surface area contributed by atoms with Gasteiger partial charge in [0, 0.05) is 9.26 Å². The minimum absolute atomic E-state index is 0.165. The Bertz CT molecular complexity index is 699. The molecule has 0 saturated heterocycles. The first-order valence-corrected chi connectivity index (χ1v) is 8.98. The molecule has 2 aromatic carbocycles. The van der Waals surface area contributed by atoms with Crippen molar-refractivity contribution in [1.29, 1.82) is 0 Å². The summed E-state index contributed by atoms with van der Waals surface area (Å²) in [5.41, 5.74) is 2.63. The second-order valence-electron chi connectivity index (χ2n) is 5.44. The molecule has 0 radical (unpaired) electrons. The first-order valence-electron chi connectivity index (χ1n) is 7.90. The Morgan fingerprint density at radius 2 is 1.71 bits per heavy atom. The van der Waals surface area contributed by atoms with E-state index in [9.17, 15) is 4.79 Å². The SMILES string of the molecule is CCCCc1ccc(NC(=O)c2cc(OC)c(OC)cc2I)cc1. The van der Waals surface area contributed by atoms with Crippen LogP contribution >= 0.6 is 22.6 Å². The van der Waals surface area contributed by atoms with Crippen LogP contribution in [0, 0.1) is 3.57 Å². The molecule has 0 aliphatic rings. The van der Waals surface area contributed by atoms with Crippen molar-refractivity contribution in [2.45, 2.75) is 26.2 Å². The average molecular weight is 439 g/mol. The van der Waals surface area contributed by atoms with Gasteiger partial charge in [0.05, 0.1) is 19.8 Å². The molecule has 0 bridgehead atoms. The predicted molar refractivity (Wildman–Crippen MR) is 105 cm³/mol. The maximum Gasteiger partial charge on any atom is 0.256 e. The van der Waals surface area contributed by atoms with Gasteiger partial charge in [-0.1, -0.05) is 25.5 Å². The quantitative estimate of drug-likeness (QED) is 0.625. The van der Waals surface area contributed by atoms with Gasteiger partial charge in [0.25, 0.3) is 5.91 Å². The molecule has 1 amide bonds. The first-order chi connectivity index (χ1) is 11.6. The molecular formula is C19H22INO3. The second-order valence-corrected chi connectivity index (χ2v) is 6.60. The molecule has 0 aromatic heterocycles. The van der Waals surface area contributed by atoms with Crippen LogP contribution in [-0.4, -0.2) is 20.1 Å². The van der Waals surface area contributed by atoms with Crippen LogP contribution in [0.1, 0.15) is 35.7 Å². The molecule has 4 nitrogen and oxygen atoms in total. The zero-order valence-electron chi connectivity index (χ0n) is 14.2. The lowest BCUT2D eigenvalue weighted by Gasteiger charge is -2.12. The van der Waals surface area contributed by atoms with Crippen molar-refractivity contribution < 1.29 is 14.3 Å². The van der Waals surface area contributed by atoms with Gasteiger partial charge in [0.2, 0.25) is 0 Å². The molecule has 0 aliphatic carbocycles. The van der Waals surface area contributed by atoms with Crippen LogP contribution in [0.15, 0.2) is 36.4 Å². The van der Waals surface area contributed by atoms with Gasteiger partial charge in [0.15, 0.2) is 11.5 Å². The van der Waals surface area contributed by atoms with Crippen molar-refractivity contribution in [3.05, 3.63) is 51.1 Å². The van der Waals surface area contributed by atoms with E-state index in [1.807, 2.05) is 12.1 Å². The van der Waals surface area contributed by atoms with Crippen molar-refractivity contribution in [3.63, 3.8) is 0 Å². The summed E-state index contributed by atoms with van der Waals surface area (Å²) in [6.45, 7) is 2.18. The van der Waals surface area contributed by atoms with Crippen LogP contribution in [0.25, 0.3) is 0 Å². The Balaban J connectivity index is 2.14. The Morgan fingerprint density at radius 3 is 2.29 bits per heavy atom. The number of ether oxygens (including phenoxy) is 2. The van der Waals surface area contributed by atoms with Crippen LogP contribution in [-0.2, 0) is 6.42 Å². The van der Waals surface area contributed by atoms with Crippen LogP contribution < -0.4 is 14.8 Å². The fourth-order valence-corrected chi connectivity index (χ4v) is 3.05. The molecule has 0 saturated carbocycles. The standard InChI is InChI=1S/C19H22INO3/c1-4-5-6-13-7-9-14(10-8-13)21-19(22)15-11-17(23-2)18(24-3)12-16(15)20/h7-12H,4-6H2,1-3H3,(H,21,22). The summed E-state index contributed by atoms with van der Waals surface area (Å²) in [6.07, 6.45) is 3.42. The highest BCUT2D eigenvalue weighted by molar-refractivity contribution is 14.1. The van der Waals surface area contributed by atoms with E-state index in [2.05, 4.69) is 47.0 Å². The Labute approximate surface area is 156 Å². The number of halogens is 1. The molecule has 2 aromatic rings. The topological polar surface area (TPSA) is 47.6 Å². The van der Waals surface area contributed by atoms with E-state index in [4.69, 9.17) is 9.47 Å². The number of hydrogen-bond acceptors (Lipinski definition) is 3. The van der Waals surface area contributed by atoms with E-state index in [0.717, 1.165) is 15.7 Å². The van der Waals surface area contributed by atoms with Crippen LogP contribution in [0.4, 0.5) is 5.69 Å². The van der Waals surface area contributed by atoms with Gasteiger partial charge in [-0.2, -0.15) is 0 Å². The summed E-state index contributed by atoms with van der Waals surface area (Å²) in [5, 5.41) is 2.93. The lowest BCUT2D eigenvalue weighted by Crippen LogP contribution is -2.14. The van der Waals surface area contributed by atoms with E-state index in [-0.39, 0.29) is 5.91 Å². The van der Waals surface area contributed by atoms with E-state index in [1.165, 1.54) is 18.4 Å². The highest BCUT2D eigenvalue weighted by atomic mass is 127. The van der Waals surface area contributed by atoms with Crippen LogP contribution in [0.3, 0.4) is 0 Å². The minimum atomic E-state index is -0.165. The van der Waals surface area contributed by atoms with Crippen LogP contribution in [0.5, 0.6) is 11.5 Å². The van der Waals surface area contributed by atoms with E-state index in [1.54, 1.807) is 26.4 Å². The lowest BCUT2D eigenvalue weighted by molar-refractivity contribution is 0.102. The van der Waals surface area contributed by atoms with Gasteiger partial charge in [-0.25, -0.2) is 0 Å². The van der Waals surface area contributed by atoms with Crippen molar-refractivity contribution in [3.8, 4) is 11.5 Å². The normalized spacial score (nSPS) is 10.3. The summed E-state index contributed by atoms with van der Waals surface area (Å²) < 4.78 is 11.3. The number of rotatable bonds is 7. The van der Waals surface area contributed by atoms with Gasteiger partial charge in [-0.3, -0.25) is 4.79 Å². The fourth-order valence-electron chi connectivity index (χ4n) is 2.36. The monoisotopic (exact) mass is 439 g/mol. The number of unbranched alkanes of at least 4 members (excludes halogenated alkanes) is 1. The summed E-state index contributed by atoms with van der Waals surface area (Å²) >= 11 is 2.12. The Morgan fingerprint density at radius 1 is 1.08 bits per heavy atom. The van der Waals surface area contributed by atoms with Gasteiger partial charge < -0.3 is 14.8 Å². The van der Waals surface area contributed by atoms with Crippen molar-refractivity contribution in [2.75, 3.05) is 19.5 Å². The molecule has 128 valence electrons. The third kappa shape index (κ3) is 4.63. The predicted octanol–water partition coefficient (Wildman–Crippen LogP) is 4.90. The van der Waals surface area contributed by atoms with Gasteiger partial charge in [-0.15, -0.1) is 0 Å². The molecule has 0 heterocycles. The number of methoxy groups -OCH3 is 2. The summed E-state index contributed by atoms with van der Waals surface area (Å²) in [6, 6.07) is 11.5. The highest BCUT2D eigenvalue weighted by Gasteiger charge is 2.15. The Hall–Kier alpha value is -1.76. The maximum atomic E-state index is 12.5. The largest absolute Gasteiger partial charge is 0.493 e. The lowest BCUT2D eigenvalue weighted by atomic mass is 10.1. The molecule has 0 atom stereocenters. The summed E-state index contributed by atoms with van der Waals surface area (Å²) in [4.78, 5) is 12.5. The average Bonchev–Trinajstić information content (AvgIpc) is 2.60. The highest BCUT2D eigenvalue weighted by Crippen LogP contribution is 2.31. The number of benzene rings is 2. The van der Waals surface area contributed by atoms with Crippen LogP contribution in [0.2, 0.25) is 0 Å². The fraction of sp³-hybridized carbons (Fsp3) is 0.316. The van der Waals surface area contributed by atoms with Gasteiger partial charge in [0.1, 0.15) is 0 Å². The number of carbonyl (C=O) groups is 1. The third-order valence-electron chi connectivity index (χ3n) is 3.75. The molecule has 0 spiro atoms. The maximum absolute atomic E-state index is 12.5. The first kappa shape index (κ1) is 18.6. The number of carbonyl (C=O) groups excluding carboxylic acids is 1. The van der Waals surface area contributed by atoms with E-state index < -0.39 is 0 Å². The number of aryl methyl sites for hydroxylation is 1. The second kappa shape index (κ2) is 8.92. The molecule has 0 aliphatic heterocycles. The number of hydrogen-bond donors (Lipinski definition) is 1. The zero-order chi connectivity index (χ0) is 17.5. The smallest absolute Gasteiger partial charge is 0.256 e. The minimum Gasteiger partial charge on any atom is -0.493 e. The number of anilines is 1. The molecule has 0 unspecified atom stereocenters. The molecule has 5 heteroatoms. The third-order valence-corrected chi connectivity index (χ3v) is 4.64. The number of nitrogens with one attached hydrogen (secondary N) is 1.